The summed E-state index contributed by atoms with van der Waals surface area (Å²) >= 11 is 1.74. The highest BCUT2D eigenvalue weighted by Gasteiger charge is 2.10. The highest BCUT2D eigenvalue weighted by Crippen LogP contribution is 2.22. The zero-order chi connectivity index (χ0) is 13.5. The van der Waals surface area contributed by atoms with E-state index in [9.17, 15) is 4.79 Å². The maximum Gasteiger partial charge on any atom is 0.338 e. The van der Waals surface area contributed by atoms with E-state index in [1.807, 2.05) is 31.3 Å². The molecule has 0 amide bonds. The van der Waals surface area contributed by atoms with Gasteiger partial charge in [-0.15, -0.1) is 0 Å². The zero-order valence-corrected chi connectivity index (χ0v) is 11.9. The molecule has 0 radical (unpaired) electrons. The van der Waals surface area contributed by atoms with E-state index in [1.165, 1.54) is 0 Å². The molecule has 0 atom stereocenters. The van der Waals surface area contributed by atoms with E-state index in [4.69, 9.17) is 10.5 Å². The van der Waals surface area contributed by atoms with E-state index in [0.717, 1.165) is 17.9 Å². The van der Waals surface area contributed by atoms with Gasteiger partial charge < -0.3 is 15.4 Å². The third-order valence-corrected chi connectivity index (χ3v) is 3.17. The Morgan fingerprint density at radius 1 is 1.44 bits per heavy atom. The van der Waals surface area contributed by atoms with Gasteiger partial charge in [0.25, 0.3) is 0 Å². The number of rotatable bonds is 6. The maximum absolute atomic E-state index is 11.7. The number of carbonyl (C=O) groups excluding carboxylic acids is 1. The Morgan fingerprint density at radius 3 is 2.72 bits per heavy atom. The van der Waals surface area contributed by atoms with Crippen LogP contribution in [0.1, 0.15) is 16.8 Å². The third kappa shape index (κ3) is 4.14. The Labute approximate surface area is 112 Å². The van der Waals surface area contributed by atoms with E-state index in [2.05, 4.69) is 0 Å². The van der Waals surface area contributed by atoms with Gasteiger partial charge in [-0.3, -0.25) is 0 Å². The summed E-state index contributed by atoms with van der Waals surface area (Å²) in [6, 6.07) is 5.22. The minimum absolute atomic E-state index is 0.312. The summed E-state index contributed by atoms with van der Waals surface area (Å²) in [4.78, 5) is 13.6. The molecule has 0 heterocycles. The van der Waals surface area contributed by atoms with E-state index >= 15 is 0 Å². The Hall–Kier alpha value is -1.36. The monoisotopic (exact) mass is 268 g/mol. The second kappa shape index (κ2) is 7.16. The van der Waals surface area contributed by atoms with Crippen LogP contribution in [0.3, 0.4) is 0 Å². The van der Waals surface area contributed by atoms with Crippen LogP contribution in [0, 0.1) is 0 Å². The van der Waals surface area contributed by atoms with Crippen LogP contribution in [0.25, 0.3) is 0 Å². The summed E-state index contributed by atoms with van der Waals surface area (Å²) in [5.74, 6) is 0.683. The molecule has 0 aliphatic carbocycles. The number of hydrogen-bond acceptors (Lipinski definition) is 5. The molecule has 1 aromatic rings. The molecule has 0 spiro atoms. The molecule has 5 heteroatoms. The largest absolute Gasteiger partial charge is 0.462 e. The maximum atomic E-state index is 11.7. The Kier molecular flexibility index (Phi) is 5.85. The Morgan fingerprint density at radius 2 is 2.17 bits per heavy atom. The average molecular weight is 268 g/mol. The first-order valence-corrected chi connectivity index (χ1v) is 7.18. The van der Waals surface area contributed by atoms with Crippen molar-refractivity contribution < 1.29 is 9.53 Å². The Bertz CT molecular complexity index is 408. The highest BCUT2D eigenvalue weighted by molar-refractivity contribution is 7.98. The molecule has 0 saturated heterocycles. The third-order valence-electron chi connectivity index (χ3n) is 2.47. The van der Waals surface area contributed by atoms with Crippen LogP contribution < -0.4 is 10.6 Å². The van der Waals surface area contributed by atoms with Crippen molar-refractivity contribution in [3.05, 3.63) is 23.8 Å². The van der Waals surface area contributed by atoms with Crippen molar-refractivity contribution in [1.29, 1.82) is 0 Å². The normalized spacial score (nSPS) is 10.2. The minimum atomic E-state index is -0.312. The van der Waals surface area contributed by atoms with Crippen molar-refractivity contribution in [3.63, 3.8) is 0 Å². The predicted molar refractivity (Wildman–Crippen MR) is 78.5 cm³/mol. The number of nitrogens with two attached hydrogens (primary N) is 1. The molecule has 0 aromatic heterocycles. The number of carbonyl (C=O) groups is 1. The number of benzene rings is 1. The zero-order valence-electron chi connectivity index (χ0n) is 11.1. The quantitative estimate of drug-likeness (QED) is 0.487. The predicted octanol–water partition coefficient (Wildman–Crippen LogP) is 2.24. The summed E-state index contributed by atoms with van der Waals surface area (Å²) in [6.45, 7) is 0.453. The fourth-order valence-corrected chi connectivity index (χ4v) is 1.95. The lowest BCUT2D eigenvalue weighted by Crippen LogP contribution is -2.13. The number of thioether (sulfide) groups is 1. The van der Waals surface area contributed by atoms with Gasteiger partial charge in [0.15, 0.2) is 0 Å². The van der Waals surface area contributed by atoms with Crippen LogP contribution in [-0.2, 0) is 4.74 Å². The van der Waals surface area contributed by atoms with Crippen LogP contribution in [0.2, 0.25) is 0 Å². The van der Waals surface area contributed by atoms with Crippen LogP contribution in [0.4, 0.5) is 11.4 Å². The van der Waals surface area contributed by atoms with Crippen molar-refractivity contribution >= 4 is 29.1 Å². The lowest BCUT2D eigenvalue weighted by molar-refractivity contribution is 0.0506. The van der Waals surface area contributed by atoms with Crippen LogP contribution in [-0.4, -0.2) is 38.7 Å². The molecular formula is C13H20N2O2S. The van der Waals surface area contributed by atoms with Crippen LogP contribution >= 0.6 is 11.8 Å². The standard InChI is InChI=1S/C13H20N2O2S/c1-15(2)12-6-5-10(9-11(12)14)13(16)17-7-4-8-18-3/h5-6,9H,4,7-8,14H2,1-3H3. The van der Waals surface area contributed by atoms with Crippen molar-refractivity contribution in [2.75, 3.05) is 43.3 Å². The van der Waals surface area contributed by atoms with Gasteiger partial charge in [0.1, 0.15) is 0 Å². The molecule has 1 aromatic carbocycles. The van der Waals surface area contributed by atoms with Crippen molar-refractivity contribution in [2.45, 2.75) is 6.42 Å². The topological polar surface area (TPSA) is 55.6 Å². The summed E-state index contributed by atoms with van der Waals surface area (Å²) < 4.78 is 5.16. The van der Waals surface area contributed by atoms with Gasteiger partial charge >= 0.3 is 5.97 Å². The summed E-state index contributed by atoms with van der Waals surface area (Å²) in [7, 11) is 3.82. The number of ether oxygens (including phenoxy) is 1. The minimum Gasteiger partial charge on any atom is -0.462 e. The number of hydrogen-bond donors (Lipinski definition) is 1. The molecule has 0 aliphatic heterocycles. The molecule has 0 unspecified atom stereocenters. The fourth-order valence-electron chi connectivity index (χ4n) is 1.54. The van der Waals surface area contributed by atoms with Crippen LogP contribution in [0.5, 0.6) is 0 Å². The van der Waals surface area contributed by atoms with E-state index in [1.54, 1.807) is 23.9 Å². The number of anilines is 2. The summed E-state index contributed by atoms with van der Waals surface area (Å²) in [5.41, 5.74) is 7.86. The van der Waals surface area contributed by atoms with Gasteiger partial charge in [-0.2, -0.15) is 11.8 Å². The molecule has 0 bridgehead atoms. The van der Waals surface area contributed by atoms with Crippen LogP contribution in [0.15, 0.2) is 18.2 Å². The van der Waals surface area contributed by atoms with Crippen molar-refractivity contribution in [1.82, 2.24) is 0 Å². The average Bonchev–Trinajstić information content (AvgIpc) is 2.33. The molecule has 4 nitrogen and oxygen atoms in total. The summed E-state index contributed by atoms with van der Waals surface area (Å²) in [5, 5.41) is 0. The molecule has 0 saturated carbocycles. The van der Waals surface area contributed by atoms with Gasteiger partial charge in [-0.1, -0.05) is 0 Å². The first-order valence-electron chi connectivity index (χ1n) is 5.79. The second-order valence-corrected chi connectivity index (χ2v) is 5.14. The fraction of sp³-hybridized carbons (Fsp3) is 0.462. The van der Waals surface area contributed by atoms with Gasteiger partial charge in [0.05, 0.1) is 23.5 Å². The van der Waals surface area contributed by atoms with E-state index in [0.29, 0.717) is 17.9 Å². The molecular weight excluding hydrogens is 248 g/mol. The molecule has 100 valence electrons. The van der Waals surface area contributed by atoms with Crippen molar-refractivity contribution in [2.24, 2.45) is 0 Å². The molecule has 0 fully saturated rings. The smallest absolute Gasteiger partial charge is 0.338 e. The second-order valence-electron chi connectivity index (χ2n) is 4.15. The van der Waals surface area contributed by atoms with Gasteiger partial charge in [0, 0.05) is 14.1 Å². The highest BCUT2D eigenvalue weighted by atomic mass is 32.2. The van der Waals surface area contributed by atoms with Gasteiger partial charge in [0.2, 0.25) is 0 Å². The lowest BCUT2D eigenvalue weighted by atomic mass is 10.1. The number of nitrogen functional groups attached to an aromatic ring is 1. The summed E-state index contributed by atoms with van der Waals surface area (Å²) in [6.07, 6.45) is 2.90. The molecule has 0 aliphatic rings. The van der Waals surface area contributed by atoms with Gasteiger partial charge in [-0.05, 0) is 36.6 Å². The SMILES string of the molecule is CSCCCOC(=O)c1ccc(N(C)C)c(N)c1. The molecule has 18 heavy (non-hydrogen) atoms. The van der Waals surface area contributed by atoms with E-state index < -0.39 is 0 Å². The first-order chi connectivity index (χ1) is 8.56. The van der Waals surface area contributed by atoms with Gasteiger partial charge in [-0.25, -0.2) is 4.79 Å². The lowest BCUT2D eigenvalue weighted by Gasteiger charge is -2.15. The van der Waals surface area contributed by atoms with Crippen molar-refractivity contribution in [3.8, 4) is 0 Å². The number of nitrogens with zero attached hydrogens (tertiary/aromatic N) is 1. The molecule has 1 rings (SSSR count). The molecule has 2 N–H and O–H groups in total. The Balaban J connectivity index is 2.61. The first kappa shape index (κ1) is 14.7. The number of esters is 1. The van der Waals surface area contributed by atoms with E-state index in [-0.39, 0.29) is 5.97 Å².